The highest BCUT2D eigenvalue weighted by Gasteiger charge is 2.37. The van der Waals surface area contributed by atoms with Gasteiger partial charge in [-0.05, 0) is 42.5 Å². The Labute approximate surface area is 213 Å². The molecule has 2 aromatic carbocycles. The molecule has 2 aliphatic heterocycles. The third-order valence-electron chi connectivity index (χ3n) is 6.22. The Morgan fingerprint density at radius 1 is 1.19 bits per heavy atom. The summed E-state index contributed by atoms with van der Waals surface area (Å²) in [6.07, 6.45) is 2.07. The molecule has 36 heavy (non-hydrogen) atoms. The van der Waals surface area contributed by atoms with E-state index in [1.165, 1.54) is 0 Å². The minimum absolute atomic E-state index is 0.151. The van der Waals surface area contributed by atoms with Gasteiger partial charge in [0.05, 0.1) is 43.7 Å². The summed E-state index contributed by atoms with van der Waals surface area (Å²) in [5.41, 5.74) is 1.61. The molecule has 11 heteroatoms. The van der Waals surface area contributed by atoms with E-state index >= 15 is 0 Å². The molecule has 3 heterocycles. The van der Waals surface area contributed by atoms with Crippen LogP contribution in [0, 0.1) is 0 Å². The number of halogens is 1. The van der Waals surface area contributed by atoms with E-state index in [2.05, 4.69) is 15.6 Å². The summed E-state index contributed by atoms with van der Waals surface area (Å²) >= 11 is 6.28. The highest BCUT2D eigenvalue weighted by atomic mass is 35.5. The van der Waals surface area contributed by atoms with Gasteiger partial charge in [0.2, 0.25) is 0 Å². The number of amides is 2. The fraction of sp³-hybridized carbons (Fsp3) is 0.360. The number of ether oxygens (including phenoxy) is 3. The number of fused-ring (bicyclic) bond motifs is 5. The van der Waals surface area contributed by atoms with Crippen molar-refractivity contribution in [1.82, 2.24) is 25.2 Å². The first-order valence-electron chi connectivity index (χ1n) is 11.7. The molecule has 1 aromatic heterocycles. The van der Waals surface area contributed by atoms with E-state index in [1.54, 1.807) is 59.2 Å². The van der Waals surface area contributed by atoms with Crippen molar-refractivity contribution < 1.29 is 23.8 Å². The average molecular weight is 512 g/mol. The number of methoxy groups -OCH3 is 1. The molecular weight excluding hydrogens is 486 g/mol. The van der Waals surface area contributed by atoms with Gasteiger partial charge in [-0.2, -0.15) is 0 Å². The standard InChI is InChI=1S/C25H26ClN5O5/c1-34-19-6-3-16(4-7-19)25(33)30-13-21-23(14-30)36-15-18-12-31(29-28-18)9-2-10-35-22-11-17(24(32)27-21)5-8-20(22)26/h3-8,11-12,21,23H,2,9-10,13-15H2,1H3,(H,27,32)/t21-,23-/m0/s1. The number of rotatable bonds is 2. The molecule has 3 aromatic rings. The van der Waals surface area contributed by atoms with Crippen molar-refractivity contribution in [2.24, 2.45) is 0 Å². The third kappa shape index (κ3) is 5.29. The Bertz CT molecular complexity index is 1250. The van der Waals surface area contributed by atoms with Gasteiger partial charge in [0.25, 0.3) is 11.8 Å². The molecule has 5 rings (SSSR count). The maximum atomic E-state index is 13.2. The number of benzene rings is 2. The highest BCUT2D eigenvalue weighted by molar-refractivity contribution is 6.32. The molecule has 4 bridgehead atoms. The van der Waals surface area contributed by atoms with Gasteiger partial charge >= 0.3 is 0 Å². The number of likely N-dealkylation sites (tertiary alicyclic amines) is 1. The summed E-state index contributed by atoms with van der Waals surface area (Å²) < 4.78 is 18.9. The molecule has 0 unspecified atom stereocenters. The Balaban J connectivity index is 1.39. The number of hydrogen-bond acceptors (Lipinski definition) is 7. The fourth-order valence-corrected chi connectivity index (χ4v) is 4.46. The molecule has 188 valence electrons. The first-order valence-corrected chi connectivity index (χ1v) is 12.0. The first-order chi connectivity index (χ1) is 17.5. The van der Waals surface area contributed by atoms with Gasteiger partial charge in [-0.3, -0.25) is 14.3 Å². The average Bonchev–Trinajstić information content (AvgIpc) is 3.52. The van der Waals surface area contributed by atoms with Gasteiger partial charge in [-0.1, -0.05) is 16.8 Å². The van der Waals surface area contributed by atoms with Crippen molar-refractivity contribution in [2.75, 3.05) is 26.8 Å². The van der Waals surface area contributed by atoms with Crippen LogP contribution in [0.2, 0.25) is 5.02 Å². The summed E-state index contributed by atoms with van der Waals surface area (Å²) in [6.45, 7) is 1.84. The largest absolute Gasteiger partial charge is 0.497 e. The minimum Gasteiger partial charge on any atom is -0.497 e. The molecule has 1 fully saturated rings. The van der Waals surface area contributed by atoms with E-state index < -0.39 is 12.1 Å². The second-order valence-corrected chi connectivity index (χ2v) is 9.10. The van der Waals surface area contributed by atoms with Crippen LogP contribution in [0.15, 0.2) is 48.7 Å². The normalized spacial score (nSPS) is 20.3. The lowest BCUT2D eigenvalue weighted by molar-refractivity contribution is 0.0291. The number of aromatic nitrogens is 3. The number of carbonyl (C=O) groups is 2. The smallest absolute Gasteiger partial charge is 0.254 e. The second kappa shape index (κ2) is 10.5. The number of nitrogens with zero attached hydrogens (tertiary/aromatic N) is 4. The predicted octanol–water partition coefficient (Wildman–Crippen LogP) is 2.56. The summed E-state index contributed by atoms with van der Waals surface area (Å²) in [7, 11) is 1.57. The Morgan fingerprint density at radius 2 is 2.03 bits per heavy atom. The predicted molar refractivity (Wildman–Crippen MR) is 130 cm³/mol. The van der Waals surface area contributed by atoms with Gasteiger partial charge in [0.15, 0.2) is 0 Å². The van der Waals surface area contributed by atoms with Crippen molar-refractivity contribution in [3.8, 4) is 11.5 Å². The minimum atomic E-state index is -0.433. The highest BCUT2D eigenvalue weighted by Crippen LogP contribution is 2.26. The summed E-state index contributed by atoms with van der Waals surface area (Å²) in [6, 6.07) is 11.4. The summed E-state index contributed by atoms with van der Waals surface area (Å²) in [4.78, 5) is 28.0. The van der Waals surface area contributed by atoms with Crippen LogP contribution in [0.4, 0.5) is 0 Å². The van der Waals surface area contributed by atoms with Crippen LogP contribution < -0.4 is 14.8 Å². The summed E-state index contributed by atoms with van der Waals surface area (Å²) in [5.74, 6) is 0.655. The lowest BCUT2D eigenvalue weighted by Crippen LogP contribution is -2.44. The van der Waals surface area contributed by atoms with Crippen LogP contribution in [-0.4, -0.2) is 70.7 Å². The van der Waals surface area contributed by atoms with Crippen molar-refractivity contribution >= 4 is 23.4 Å². The van der Waals surface area contributed by atoms with Gasteiger partial charge in [0, 0.05) is 37.2 Å². The lowest BCUT2D eigenvalue weighted by atomic mass is 10.1. The molecule has 2 atom stereocenters. The molecule has 10 nitrogen and oxygen atoms in total. The Hall–Kier alpha value is -3.63. The van der Waals surface area contributed by atoms with Crippen molar-refractivity contribution in [1.29, 1.82) is 0 Å². The Kier molecular flexibility index (Phi) is 7.06. The zero-order valence-corrected chi connectivity index (χ0v) is 20.5. The van der Waals surface area contributed by atoms with E-state index in [0.29, 0.717) is 66.0 Å². The van der Waals surface area contributed by atoms with Crippen LogP contribution in [0.3, 0.4) is 0 Å². The zero-order valence-electron chi connectivity index (χ0n) is 19.7. The van der Waals surface area contributed by atoms with Crippen molar-refractivity contribution in [3.05, 3.63) is 70.5 Å². The van der Waals surface area contributed by atoms with Gasteiger partial charge in [-0.25, -0.2) is 0 Å². The number of nitrogens with one attached hydrogen (secondary N) is 1. The van der Waals surface area contributed by atoms with Crippen LogP contribution in [0.1, 0.15) is 32.8 Å². The summed E-state index contributed by atoms with van der Waals surface area (Å²) in [5, 5.41) is 11.8. The molecule has 0 saturated carbocycles. The zero-order chi connectivity index (χ0) is 25.1. The quantitative estimate of drug-likeness (QED) is 0.563. The van der Waals surface area contributed by atoms with Crippen LogP contribution in [0.25, 0.3) is 0 Å². The van der Waals surface area contributed by atoms with Gasteiger partial charge < -0.3 is 24.4 Å². The molecule has 0 spiro atoms. The lowest BCUT2D eigenvalue weighted by Gasteiger charge is -2.20. The molecular formula is C25H26ClN5O5. The molecule has 0 radical (unpaired) electrons. The molecule has 2 amide bonds. The van der Waals surface area contributed by atoms with Crippen LogP contribution >= 0.6 is 11.6 Å². The molecule has 1 N–H and O–H groups in total. The third-order valence-corrected chi connectivity index (χ3v) is 6.53. The molecule has 1 saturated heterocycles. The monoisotopic (exact) mass is 511 g/mol. The fourth-order valence-electron chi connectivity index (χ4n) is 4.29. The molecule has 2 aliphatic rings. The number of hydrogen-bond donors (Lipinski definition) is 1. The van der Waals surface area contributed by atoms with E-state index in [9.17, 15) is 9.59 Å². The van der Waals surface area contributed by atoms with Crippen molar-refractivity contribution in [3.63, 3.8) is 0 Å². The SMILES string of the molecule is COc1ccc(C(=O)N2C[C@@H]3NC(=O)c4ccc(Cl)c(c4)OCCCn4cc(nn4)CO[C@H]3C2)cc1. The Morgan fingerprint density at radius 3 is 2.83 bits per heavy atom. The van der Waals surface area contributed by atoms with Crippen molar-refractivity contribution in [2.45, 2.75) is 31.7 Å². The molecule has 0 aliphatic carbocycles. The topological polar surface area (TPSA) is 108 Å². The second-order valence-electron chi connectivity index (χ2n) is 8.69. The maximum Gasteiger partial charge on any atom is 0.254 e. The van der Waals surface area contributed by atoms with E-state index in [4.69, 9.17) is 25.8 Å². The maximum absolute atomic E-state index is 13.2. The van der Waals surface area contributed by atoms with E-state index in [1.807, 2.05) is 6.20 Å². The number of carbonyl (C=O) groups excluding carboxylic acids is 2. The van der Waals surface area contributed by atoms with E-state index in [0.717, 1.165) is 0 Å². The number of aryl methyl sites for hydroxylation is 1. The van der Waals surface area contributed by atoms with Crippen LogP contribution in [-0.2, 0) is 17.9 Å². The van der Waals surface area contributed by atoms with Gasteiger partial charge in [-0.15, -0.1) is 5.10 Å². The van der Waals surface area contributed by atoms with Crippen LogP contribution in [0.5, 0.6) is 11.5 Å². The van der Waals surface area contributed by atoms with E-state index in [-0.39, 0.29) is 18.4 Å². The van der Waals surface area contributed by atoms with Gasteiger partial charge in [0.1, 0.15) is 17.2 Å². The first kappa shape index (κ1) is 24.1.